The van der Waals surface area contributed by atoms with Crippen LogP contribution in [-0.2, 0) is 24.5 Å². The number of sulfone groups is 2. The fraction of sp³-hybridized carbons (Fsp3) is 0.588. The highest BCUT2D eigenvalue weighted by atomic mass is 35.5. The van der Waals surface area contributed by atoms with Gasteiger partial charge in [-0.3, -0.25) is 4.79 Å². The summed E-state index contributed by atoms with van der Waals surface area (Å²) in [5.74, 6) is -0.451. The number of rotatable bonds is 7. The molecule has 1 aliphatic rings. The number of nitrogens with zero attached hydrogens (tertiary/aromatic N) is 1. The Morgan fingerprint density at radius 3 is 2.38 bits per heavy atom. The molecule has 0 radical (unpaired) electrons. The molecule has 146 valence electrons. The smallest absolute Gasteiger partial charge is 0.223 e. The number of hydrogen-bond acceptors (Lipinski definition) is 5. The lowest BCUT2D eigenvalue weighted by molar-refractivity contribution is -0.133. The molecule has 1 saturated heterocycles. The van der Waals surface area contributed by atoms with Gasteiger partial charge in [0.15, 0.2) is 19.7 Å². The van der Waals surface area contributed by atoms with E-state index >= 15 is 0 Å². The van der Waals surface area contributed by atoms with Gasteiger partial charge in [-0.05, 0) is 36.6 Å². The molecule has 1 heterocycles. The predicted molar refractivity (Wildman–Crippen MR) is 102 cm³/mol. The molecule has 1 aliphatic heterocycles. The standard InChI is InChI=1S/C17H24ClNO5S2/c1-13(2)11-19(15-7-9-25(21,22)12-15)17(20)8-10-26(23,24)16-5-3-14(18)4-6-16/h3-6,13,15H,7-12H2,1-2H3/t15-/m0/s1. The van der Waals surface area contributed by atoms with Gasteiger partial charge in [0.05, 0.1) is 22.2 Å². The molecule has 1 amide bonds. The molecule has 9 heteroatoms. The van der Waals surface area contributed by atoms with Gasteiger partial charge >= 0.3 is 0 Å². The highest BCUT2D eigenvalue weighted by Gasteiger charge is 2.35. The van der Waals surface area contributed by atoms with E-state index in [0.717, 1.165) is 0 Å². The first kappa shape index (κ1) is 21.2. The van der Waals surface area contributed by atoms with E-state index in [9.17, 15) is 21.6 Å². The zero-order chi connectivity index (χ0) is 19.5. The summed E-state index contributed by atoms with van der Waals surface area (Å²) in [6.45, 7) is 4.29. The zero-order valence-electron chi connectivity index (χ0n) is 14.9. The molecule has 0 aromatic heterocycles. The van der Waals surface area contributed by atoms with Crippen molar-refractivity contribution in [3.63, 3.8) is 0 Å². The van der Waals surface area contributed by atoms with Crippen molar-refractivity contribution in [3.8, 4) is 0 Å². The lowest BCUT2D eigenvalue weighted by Crippen LogP contribution is -2.43. The van der Waals surface area contributed by atoms with Crippen LogP contribution in [0.5, 0.6) is 0 Å². The quantitative estimate of drug-likeness (QED) is 0.673. The minimum Gasteiger partial charge on any atom is -0.338 e. The maximum absolute atomic E-state index is 12.7. The Bertz CT molecular complexity index is 848. The van der Waals surface area contributed by atoms with E-state index < -0.39 is 19.7 Å². The molecule has 0 N–H and O–H groups in total. The summed E-state index contributed by atoms with van der Waals surface area (Å²) in [5, 5.41) is 0.436. The molecule has 0 aliphatic carbocycles. The normalized spacial score (nSPS) is 19.6. The van der Waals surface area contributed by atoms with Crippen LogP contribution in [0.3, 0.4) is 0 Å². The van der Waals surface area contributed by atoms with Crippen molar-refractivity contribution in [1.29, 1.82) is 0 Å². The Hall–Kier alpha value is -1.12. The largest absolute Gasteiger partial charge is 0.338 e. The minimum atomic E-state index is -3.60. The molecule has 1 aromatic carbocycles. The Morgan fingerprint density at radius 2 is 1.88 bits per heavy atom. The Morgan fingerprint density at radius 1 is 1.27 bits per heavy atom. The van der Waals surface area contributed by atoms with Crippen molar-refractivity contribution in [1.82, 2.24) is 4.90 Å². The third-order valence-corrected chi connectivity index (χ3v) is 8.02. The monoisotopic (exact) mass is 421 g/mol. The first-order valence-corrected chi connectivity index (χ1v) is 12.3. The highest BCUT2D eigenvalue weighted by Crippen LogP contribution is 2.21. The third-order valence-electron chi connectivity index (χ3n) is 4.29. The van der Waals surface area contributed by atoms with E-state index in [1.165, 1.54) is 24.3 Å². The van der Waals surface area contributed by atoms with Crippen molar-refractivity contribution in [2.45, 2.75) is 37.6 Å². The van der Waals surface area contributed by atoms with Gasteiger partial charge in [-0.1, -0.05) is 25.4 Å². The van der Waals surface area contributed by atoms with Gasteiger partial charge in [0.1, 0.15) is 0 Å². The molecule has 0 spiro atoms. The molecule has 0 unspecified atom stereocenters. The fourth-order valence-electron chi connectivity index (χ4n) is 2.99. The summed E-state index contributed by atoms with van der Waals surface area (Å²) >= 11 is 5.77. The first-order chi connectivity index (χ1) is 12.0. The van der Waals surface area contributed by atoms with Gasteiger partial charge < -0.3 is 4.90 Å². The molecule has 0 saturated carbocycles. The van der Waals surface area contributed by atoms with Crippen molar-refractivity contribution >= 4 is 37.2 Å². The van der Waals surface area contributed by atoms with Crippen LogP contribution in [0.4, 0.5) is 0 Å². The van der Waals surface area contributed by atoms with Gasteiger partial charge in [-0.25, -0.2) is 16.8 Å². The Labute approximate surface area is 160 Å². The third kappa shape index (κ3) is 5.69. The fourth-order valence-corrected chi connectivity index (χ4v) is 6.08. The van der Waals surface area contributed by atoms with Crippen LogP contribution in [0.15, 0.2) is 29.2 Å². The average molecular weight is 422 g/mol. The summed E-state index contributed by atoms with van der Waals surface area (Å²) in [6.07, 6.45) is 0.235. The van der Waals surface area contributed by atoms with Crippen molar-refractivity contribution in [2.75, 3.05) is 23.8 Å². The summed E-state index contributed by atoms with van der Waals surface area (Å²) in [5.41, 5.74) is 0. The second kappa shape index (κ2) is 8.27. The lowest BCUT2D eigenvalue weighted by Gasteiger charge is -2.30. The predicted octanol–water partition coefficient (Wildman–Crippen LogP) is 2.18. The second-order valence-electron chi connectivity index (χ2n) is 7.02. The topological polar surface area (TPSA) is 88.6 Å². The Balaban J connectivity index is 2.08. The lowest BCUT2D eigenvalue weighted by atomic mass is 10.1. The maximum Gasteiger partial charge on any atom is 0.223 e. The Kier molecular flexibility index (Phi) is 6.74. The van der Waals surface area contributed by atoms with Gasteiger partial charge in [-0.2, -0.15) is 0 Å². The van der Waals surface area contributed by atoms with Gasteiger partial charge in [-0.15, -0.1) is 0 Å². The SMILES string of the molecule is CC(C)CN(C(=O)CCS(=O)(=O)c1ccc(Cl)cc1)[C@H]1CCS(=O)(=O)C1. The molecule has 1 aromatic rings. The van der Waals surface area contributed by atoms with Crippen LogP contribution in [-0.4, -0.2) is 57.5 Å². The number of carbonyl (C=O) groups excluding carboxylic acids is 1. The summed E-state index contributed by atoms with van der Waals surface area (Å²) < 4.78 is 48.3. The van der Waals surface area contributed by atoms with Crippen LogP contribution in [0.25, 0.3) is 0 Å². The van der Waals surface area contributed by atoms with E-state index in [4.69, 9.17) is 11.6 Å². The molecular formula is C17H24ClNO5S2. The molecular weight excluding hydrogens is 398 g/mol. The van der Waals surface area contributed by atoms with E-state index in [1.807, 2.05) is 13.8 Å². The summed E-state index contributed by atoms with van der Waals surface area (Å²) in [4.78, 5) is 14.3. The molecule has 26 heavy (non-hydrogen) atoms. The van der Waals surface area contributed by atoms with E-state index in [1.54, 1.807) is 4.90 Å². The first-order valence-electron chi connectivity index (χ1n) is 8.48. The van der Waals surface area contributed by atoms with E-state index in [0.29, 0.717) is 18.0 Å². The minimum absolute atomic E-state index is 0.0462. The molecule has 2 rings (SSSR count). The van der Waals surface area contributed by atoms with Gasteiger partial charge in [0, 0.05) is 24.0 Å². The highest BCUT2D eigenvalue weighted by molar-refractivity contribution is 7.91. The van der Waals surface area contributed by atoms with Crippen LogP contribution < -0.4 is 0 Å². The second-order valence-corrected chi connectivity index (χ2v) is 11.8. The molecule has 1 atom stereocenters. The number of hydrogen-bond donors (Lipinski definition) is 0. The summed E-state index contributed by atoms with van der Waals surface area (Å²) in [7, 11) is -6.73. The van der Waals surface area contributed by atoms with Crippen molar-refractivity contribution in [2.24, 2.45) is 5.92 Å². The molecule has 6 nitrogen and oxygen atoms in total. The zero-order valence-corrected chi connectivity index (χ0v) is 17.3. The maximum atomic E-state index is 12.7. The van der Waals surface area contributed by atoms with Crippen LogP contribution >= 0.6 is 11.6 Å². The van der Waals surface area contributed by atoms with Gasteiger partial charge in [0.25, 0.3) is 0 Å². The average Bonchev–Trinajstić information content (AvgIpc) is 2.90. The van der Waals surface area contributed by atoms with Gasteiger partial charge in [0.2, 0.25) is 5.91 Å². The number of halogens is 1. The number of benzene rings is 1. The summed E-state index contributed by atoms with van der Waals surface area (Å²) in [6, 6.07) is 5.44. The molecule has 0 bridgehead atoms. The van der Waals surface area contributed by atoms with Crippen molar-refractivity contribution < 1.29 is 21.6 Å². The number of carbonyl (C=O) groups is 1. The van der Waals surface area contributed by atoms with E-state index in [-0.39, 0.29) is 46.4 Å². The van der Waals surface area contributed by atoms with Crippen LogP contribution in [0.2, 0.25) is 5.02 Å². The number of amides is 1. The van der Waals surface area contributed by atoms with Crippen LogP contribution in [0, 0.1) is 5.92 Å². The molecule has 1 fully saturated rings. The van der Waals surface area contributed by atoms with Crippen LogP contribution in [0.1, 0.15) is 26.7 Å². The van der Waals surface area contributed by atoms with Crippen molar-refractivity contribution in [3.05, 3.63) is 29.3 Å². The van der Waals surface area contributed by atoms with E-state index in [2.05, 4.69) is 0 Å².